The lowest BCUT2D eigenvalue weighted by atomic mass is 10.1. The molecule has 0 aromatic heterocycles. The van der Waals surface area contributed by atoms with Gasteiger partial charge in [-0.2, -0.15) is 0 Å². The minimum Gasteiger partial charge on any atom is -0.496 e. The highest BCUT2D eigenvalue weighted by Gasteiger charge is 2.19. The van der Waals surface area contributed by atoms with Crippen LogP contribution >= 0.6 is 0 Å². The number of hydrogen-bond donors (Lipinski definition) is 1. The summed E-state index contributed by atoms with van der Waals surface area (Å²) in [6.45, 7) is 0. The molecular formula is C18H22N2O6S. The van der Waals surface area contributed by atoms with Crippen molar-refractivity contribution in [2.24, 2.45) is 0 Å². The second-order valence-corrected chi connectivity index (χ2v) is 7.83. The summed E-state index contributed by atoms with van der Waals surface area (Å²) in [4.78, 5) is 12.8. The number of nitrogens with one attached hydrogen (secondary N) is 1. The van der Waals surface area contributed by atoms with Crippen molar-refractivity contribution in [1.29, 1.82) is 0 Å². The lowest BCUT2D eigenvalue weighted by molar-refractivity contribution is 0.102. The van der Waals surface area contributed by atoms with Gasteiger partial charge in [0.05, 0.1) is 31.8 Å². The summed E-state index contributed by atoms with van der Waals surface area (Å²) in [5.74, 6) is 0.702. The fourth-order valence-corrected chi connectivity index (χ4v) is 3.23. The van der Waals surface area contributed by atoms with Crippen LogP contribution in [0.2, 0.25) is 0 Å². The average molecular weight is 394 g/mol. The Hall–Kier alpha value is -2.78. The molecule has 0 radical (unpaired) electrons. The molecule has 1 amide bonds. The number of anilines is 1. The highest BCUT2D eigenvalue weighted by Crippen LogP contribution is 2.35. The fraction of sp³-hybridized carbons (Fsp3) is 0.278. The first kappa shape index (κ1) is 20.5. The summed E-state index contributed by atoms with van der Waals surface area (Å²) in [7, 11) is 3.77. The first-order valence-corrected chi connectivity index (χ1v) is 9.32. The smallest absolute Gasteiger partial charge is 0.259 e. The number of hydrogen-bond acceptors (Lipinski definition) is 6. The van der Waals surface area contributed by atoms with Crippen LogP contribution in [0, 0.1) is 0 Å². The number of carbonyl (C=O) groups excluding carboxylic acids is 1. The van der Waals surface area contributed by atoms with E-state index in [9.17, 15) is 13.2 Å². The first-order chi connectivity index (χ1) is 12.7. The molecule has 2 aromatic carbocycles. The van der Waals surface area contributed by atoms with Crippen molar-refractivity contribution < 1.29 is 27.4 Å². The highest BCUT2D eigenvalue weighted by atomic mass is 32.2. The molecule has 0 bridgehead atoms. The molecule has 0 saturated heterocycles. The summed E-state index contributed by atoms with van der Waals surface area (Å²) in [5.41, 5.74) is 0.690. The van der Waals surface area contributed by atoms with Crippen molar-refractivity contribution in [2.75, 3.05) is 40.7 Å². The second-order valence-electron chi connectivity index (χ2n) is 5.67. The van der Waals surface area contributed by atoms with E-state index < -0.39 is 15.9 Å². The van der Waals surface area contributed by atoms with Crippen LogP contribution in [-0.4, -0.2) is 54.1 Å². The Morgan fingerprint density at radius 1 is 0.889 bits per heavy atom. The van der Waals surface area contributed by atoms with E-state index in [0.29, 0.717) is 22.9 Å². The highest BCUT2D eigenvalue weighted by molar-refractivity contribution is 7.89. The molecule has 9 heteroatoms. The van der Waals surface area contributed by atoms with Crippen LogP contribution in [-0.2, 0) is 10.0 Å². The maximum atomic E-state index is 12.6. The van der Waals surface area contributed by atoms with Gasteiger partial charge in [0.1, 0.15) is 5.75 Å². The minimum atomic E-state index is -3.53. The van der Waals surface area contributed by atoms with Crippen molar-refractivity contribution in [3.05, 3.63) is 42.0 Å². The number of ether oxygens (including phenoxy) is 3. The van der Waals surface area contributed by atoms with Crippen LogP contribution in [0.25, 0.3) is 0 Å². The molecule has 1 N–H and O–H groups in total. The second kappa shape index (κ2) is 8.28. The molecule has 2 rings (SSSR count). The summed E-state index contributed by atoms with van der Waals surface area (Å²) in [5, 5.41) is 2.71. The van der Waals surface area contributed by atoms with Crippen molar-refractivity contribution in [3.63, 3.8) is 0 Å². The molecule has 2 aromatic rings. The van der Waals surface area contributed by atoms with E-state index in [4.69, 9.17) is 14.2 Å². The SMILES string of the molecule is COc1cc(OC)c(C(=O)Nc2ccc(S(=O)(=O)N(C)C)cc2)cc1OC. The molecule has 0 aliphatic carbocycles. The van der Waals surface area contributed by atoms with E-state index in [1.165, 1.54) is 65.8 Å². The van der Waals surface area contributed by atoms with Crippen molar-refractivity contribution >= 4 is 21.6 Å². The zero-order valence-corrected chi connectivity index (χ0v) is 16.6. The predicted molar refractivity (Wildman–Crippen MR) is 101 cm³/mol. The quantitative estimate of drug-likeness (QED) is 0.774. The first-order valence-electron chi connectivity index (χ1n) is 7.88. The van der Waals surface area contributed by atoms with Gasteiger partial charge in [-0.15, -0.1) is 0 Å². The number of methoxy groups -OCH3 is 3. The Balaban J connectivity index is 2.30. The molecule has 0 heterocycles. The van der Waals surface area contributed by atoms with Gasteiger partial charge in [-0.25, -0.2) is 12.7 Å². The van der Waals surface area contributed by atoms with E-state index in [2.05, 4.69) is 5.32 Å². The van der Waals surface area contributed by atoms with Crippen LogP contribution in [0.3, 0.4) is 0 Å². The maximum Gasteiger partial charge on any atom is 0.259 e. The molecular weight excluding hydrogens is 372 g/mol. The van der Waals surface area contributed by atoms with Gasteiger partial charge in [-0.3, -0.25) is 4.79 Å². The van der Waals surface area contributed by atoms with Gasteiger partial charge in [-0.05, 0) is 24.3 Å². The third-order valence-corrected chi connectivity index (χ3v) is 5.67. The van der Waals surface area contributed by atoms with Crippen molar-refractivity contribution in [1.82, 2.24) is 4.31 Å². The maximum absolute atomic E-state index is 12.6. The summed E-state index contributed by atoms with van der Waals surface area (Å²) in [6, 6.07) is 8.95. The summed E-state index contributed by atoms with van der Waals surface area (Å²) < 4.78 is 41.0. The fourth-order valence-electron chi connectivity index (χ4n) is 2.33. The van der Waals surface area contributed by atoms with E-state index in [-0.39, 0.29) is 10.5 Å². The average Bonchev–Trinajstić information content (AvgIpc) is 2.66. The van der Waals surface area contributed by atoms with E-state index in [1.54, 1.807) is 6.07 Å². The zero-order valence-electron chi connectivity index (χ0n) is 15.8. The lowest BCUT2D eigenvalue weighted by Gasteiger charge is -2.14. The predicted octanol–water partition coefficient (Wildman–Crippen LogP) is 2.21. The molecule has 0 saturated carbocycles. The van der Waals surface area contributed by atoms with Crippen LogP contribution in [0.5, 0.6) is 17.2 Å². The van der Waals surface area contributed by atoms with E-state index >= 15 is 0 Å². The number of benzene rings is 2. The van der Waals surface area contributed by atoms with Gasteiger partial charge in [0.15, 0.2) is 11.5 Å². The third-order valence-electron chi connectivity index (χ3n) is 3.84. The van der Waals surface area contributed by atoms with Gasteiger partial charge in [0.25, 0.3) is 5.91 Å². The van der Waals surface area contributed by atoms with E-state index in [1.807, 2.05) is 0 Å². The van der Waals surface area contributed by atoms with Crippen LogP contribution in [0.15, 0.2) is 41.3 Å². The van der Waals surface area contributed by atoms with Crippen LogP contribution in [0.4, 0.5) is 5.69 Å². The van der Waals surface area contributed by atoms with Gasteiger partial charge in [-0.1, -0.05) is 0 Å². The Kier molecular flexibility index (Phi) is 6.29. The zero-order chi connectivity index (χ0) is 20.2. The number of sulfonamides is 1. The molecule has 27 heavy (non-hydrogen) atoms. The Bertz CT molecular complexity index is 924. The van der Waals surface area contributed by atoms with Crippen molar-refractivity contribution in [3.8, 4) is 17.2 Å². The topological polar surface area (TPSA) is 94.2 Å². The summed E-state index contributed by atoms with van der Waals surface area (Å²) in [6.07, 6.45) is 0. The monoisotopic (exact) mass is 394 g/mol. The standard InChI is InChI=1S/C18H22N2O6S/c1-20(2)27(22,23)13-8-6-12(7-9-13)19-18(21)14-10-16(25-4)17(26-5)11-15(14)24-3/h6-11H,1-5H3,(H,19,21). The Labute approximate surface area is 158 Å². The molecule has 146 valence electrons. The van der Waals surface area contributed by atoms with Crippen LogP contribution < -0.4 is 19.5 Å². The number of nitrogens with zero attached hydrogens (tertiary/aromatic N) is 1. The van der Waals surface area contributed by atoms with Gasteiger partial charge in [0, 0.05) is 31.9 Å². The Morgan fingerprint density at radius 3 is 1.89 bits per heavy atom. The molecule has 0 unspecified atom stereocenters. The minimum absolute atomic E-state index is 0.134. The molecule has 0 aliphatic rings. The molecule has 0 spiro atoms. The number of carbonyl (C=O) groups is 1. The largest absolute Gasteiger partial charge is 0.496 e. The number of rotatable bonds is 7. The molecule has 8 nitrogen and oxygen atoms in total. The van der Waals surface area contributed by atoms with Gasteiger partial charge < -0.3 is 19.5 Å². The third kappa shape index (κ3) is 4.32. The molecule has 0 atom stereocenters. The lowest BCUT2D eigenvalue weighted by Crippen LogP contribution is -2.22. The van der Waals surface area contributed by atoms with E-state index in [0.717, 1.165) is 4.31 Å². The van der Waals surface area contributed by atoms with Gasteiger partial charge >= 0.3 is 0 Å². The summed E-state index contributed by atoms with van der Waals surface area (Å²) >= 11 is 0. The number of amides is 1. The van der Waals surface area contributed by atoms with Gasteiger partial charge in [0.2, 0.25) is 10.0 Å². The molecule has 0 aliphatic heterocycles. The van der Waals surface area contributed by atoms with Crippen molar-refractivity contribution in [2.45, 2.75) is 4.90 Å². The van der Waals surface area contributed by atoms with Crippen LogP contribution in [0.1, 0.15) is 10.4 Å². The normalized spacial score (nSPS) is 11.2. The molecule has 0 fully saturated rings. The Morgan fingerprint density at radius 2 is 1.41 bits per heavy atom.